The molecule has 2 aliphatic heterocycles. The van der Waals surface area contributed by atoms with Crippen LogP contribution in [0.15, 0.2) is 48.5 Å². The monoisotopic (exact) mass is 407 g/mol. The molecule has 1 N–H and O–H groups in total. The summed E-state index contributed by atoms with van der Waals surface area (Å²) in [6.45, 7) is 2.97. The maximum atomic E-state index is 12.9. The zero-order chi connectivity index (χ0) is 21.1. The van der Waals surface area contributed by atoms with Crippen LogP contribution in [0.4, 0.5) is 11.4 Å². The number of rotatable bonds is 4. The molecule has 1 fully saturated rings. The minimum Gasteiger partial charge on any atom is -0.479 e. The fraction of sp³-hybridized carbons (Fsp3) is 0.348. The van der Waals surface area contributed by atoms with Crippen molar-refractivity contribution in [1.82, 2.24) is 4.90 Å². The van der Waals surface area contributed by atoms with Gasteiger partial charge in [-0.15, -0.1) is 0 Å². The topological polar surface area (TPSA) is 79.0 Å². The van der Waals surface area contributed by atoms with E-state index in [1.165, 1.54) is 4.90 Å². The molecule has 0 aromatic heterocycles. The van der Waals surface area contributed by atoms with Gasteiger partial charge in [0.25, 0.3) is 11.8 Å². The van der Waals surface area contributed by atoms with Crippen molar-refractivity contribution in [3.8, 4) is 5.75 Å². The number of carbonyl (C=O) groups is 3. The first-order valence-corrected chi connectivity index (χ1v) is 10.3. The Morgan fingerprint density at radius 1 is 1.03 bits per heavy atom. The number of hydrogen-bond acceptors (Lipinski definition) is 4. The molecule has 156 valence electrons. The average Bonchev–Trinajstić information content (AvgIpc) is 2.77. The molecular formula is C23H25N3O4. The summed E-state index contributed by atoms with van der Waals surface area (Å²) in [5.41, 5.74) is 1.49. The molecule has 1 saturated heterocycles. The number of benzene rings is 2. The Hall–Kier alpha value is -3.35. The maximum absolute atomic E-state index is 12.9. The Labute approximate surface area is 175 Å². The van der Waals surface area contributed by atoms with Crippen LogP contribution in [0.2, 0.25) is 0 Å². The molecule has 1 atom stereocenters. The van der Waals surface area contributed by atoms with Gasteiger partial charge in [-0.3, -0.25) is 19.3 Å². The lowest BCUT2D eigenvalue weighted by Gasteiger charge is -2.32. The predicted molar refractivity (Wildman–Crippen MR) is 114 cm³/mol. The lowest BCUT2D eigenvalue weighted by Crippen LogP contribution is -2.47. The fourth-order valence-corrected chi connectivity index (χ4v) is 3.90. The van der Waals surface area contributed by atoms with Crippen LogP contribution >= 0.6 is 0 Å². The third kappa shape index (κ3) is 4.01. The lowest BCUT2D eigenvalue weighted by molar-refractivity contribution is -0.127. The highest BCUT2D eigenvalue weighted by atomic mass is 16.5. The van der Waals surface area contributed by atoms with Gasteiger partial charge >= 0.3 is 0 Å². The van der Waals surface area contributed by atoms with Crippen molar-refractivity contribution in [3.05, 3.63) is 54.1 Å². The molecule has 1 unspecified atom stereocenters. The first-order valence-electron chi connectivity index (χ1n) is 10.3. The number of nitrogens with zero attached hydrogens (tertiary/aromatic N) is 2. The van der Waals surface area contributed by atoms with E-state index in [0.29, 0.717) is 22.7 Å². The molecule has 2 aliphatic rings. The normalized spacial score (nSPS) is 18.4. The van der Waals surface area contributed by atoms with Crippen LogP contribution in [0.25, 0.3) is 0 Å². The molecular weight excluding hydrogens is 382 g/mol. The van der Waals surface area contributed by atoms with E-state index in [9.17, 15) is 14.4 Å². The van der Waals surface area contributed by atoms with Gasteiger partial charge in [-0.05, 0) is 50.5 Å². The number of likely N-dealkylation sites (tertiary alicyclic amines) is 1. The highest BCUT2D eigenvalue weighted by Crippen LogP contribution is 2.33. The third-order valence-electron chi connectivity index (χ3n) is 5.45. The first kappa shape index (κ1) is 19.9. The SMILES string of the molecule is CC1Oc2ccccc2N(CC(=O)Nc2ccccc2C(=O)N2CCCCC2)C1=O. The lowest BCUT2D eigenvalue weighted by atomic mass is 10.1. The zero-order valence-electron chi connectivity index (χ0n) is 17.0. The molecule has 30 heavy (non-hydrogen) atoms. The number of nitrogens with one attached hydrogen (secondary N) is 1. The molecule has 2 aromatic rings. The Balaban J connectivity index is 1.51. The molecule has 0 spiro atoms. The minimum absolute atomic E-state index is 0.0768. The van der Waals surface area contributed by atoms with E-state index in [-0.39, 0.29) is 24.3 Å². The Morgan fingerprint density at radius 2 is 1.73 bits per heavy atom. The Kier molecular flexibility index (Phi) is 5.70. The van der Waals surface area contributed by atoms with Gasteiger partial charge in [-0.2, -0.15) is 0 Å². The summed E-state index contributed by atoms with van der Waals surface area (Å²) in [6.07, 6.45) is 2.46. The van der Waals surface area contributed by atoms with Gasteiger partial charge < -0.3 is 15.0 Å². The van der Waals surface area contributed by atoms with Gasteiger partial charge in [0.15, 0.2) is 6.10 Å². The van der Waals surface area contributed by atoms with Gasteiger partial charge in [0, 0.05) is 13.1 Å². The highest BCUT2D eigenvalue weighted by Gasteiger charge is 2.32. The number of hydrogen-bond donors (Lipinski definition) is 1. The van der Waals surface area contributed by atoms with Gasteiger partial charge in [0.05, 0.1) is 16.9 Å². The third-order valence-corrected chi connectivity index (χ3v) is 5.45. The van der Waals surface area contributed by atoms with Gasteiger partial charge in [-0.1, -0.05) is 24.3 Å². The number of para-hydroxylation sites is 3. The van der Waals surface area contributed by atoms with E-state index in [2.05, 4.69) is 5.32 Å². The van der Waals surface area contributed by atoms with Gasteiger partial charge in [0.2, 0.25) is 5.91 Å². The van der Waals surface area contributed by atoms with Crippen molar-refractivity contribution < 1.29 is 19.1 Å². The summed E-state index contributed by atoms with van der Waals surface area (Å²) in [4.78, 5) is 41.6. The summed E-state index contributed by atoms with van der Waals surface area (Å²) in [5.74, 6) is -0.155. The van der Waals surface area contributed by atoms with E-state index in [1.54, 1.807) is 49.4 Å². The number of anilines is 2. The molecule has 2 aromatic carbocycles. The summed E-state index contributed by atoms with van der Waals surface area (Å²) in [5, 5.41) is 2.82. The van der Waals surface area contributed by atoms with Crippen LogP contribution in [0.5, 0.6) is 5.75 Å². The van der Waals surface area contributed by atoms with Gasteiger partial charge in [0.1, 0.15) is 12.3 Å². The van der Waals surface area contributed by atoms with Crippen molar-refractivity contribution in [2.75, 3.05) is 29.9 Å². The first-order chi connectivity index (χ1) is 14.5. The fourth-order valence-electron chi connectivity index (χ4n) is 3.90. The number of carbonyl (C=O) groups excluding carboxylic acids is 3. The number of ether oxygens (including phenoxy) is 1. The summed E-state index contributed by atoms with van der Waals surface area (Å²) in [7, 11) is 0. The second-order valence-electron chi connectivity index (χ2n) is 7.60. The number of piperidine rings is 1. The zero-order valence-corrected chi connectivity index (χ0v) is 17.0. The van der Waals surface area contributed by atoms with Crippen molar-refractivity contribution in [2.45, 2.75) is 32.3 Å². The van der Waals surface area contributed by atoms with Crippen molar-refractivity contribution in [3.63, 3.8) is 0 Å². The van der Waals surface area contributed by atoms with E-state index in [4.69, 9.17) is 4.74 Å². The minimum atomic E-state index is -0.666. The van der Waals surface area contributed by atoms with Crippen LogP contribution in [-0.2, 0) is 9.59 Å². The smallest absolute Gasteiger partial charge is 0.268 e. The van der Waals surface area contributed by atoms with Crippen molar-refractivity contribution >= 4 is 29.1 Å². The molecule has 0 aliphatic carbocycles. The Bertz CT molecular complexity index is 968. The van der Waals surface area contributed by atoms with Crippen molar-refractivity contribution in [1.29, 1.82) is 0 Å². The summed E-state index contributed by atoms with van der Waals surface area (Å²) < 4.78 is 5.62. The summed E-state index contributed by atoms with van der Waals surface area (Å²) in [6, 6.07) is 14.1. The molecule has 3 amide bonds. The molecule has 0 radical (unpaired) electrons. The quantitative estimate of drug-likeness (QED) is 0.845. The van der Waals surface area contributed by atoms with Crippen LogP contribution in [0, 0.1) is 0 Å². The molecule has 2 heterocycles. The largest absolute Gasteiger partial charge is 0.479 e. The molecule has 7 heteroatoms. The summed E-state index contributed by atoms with van der Waals surface area (Å²) >= 11 is 0. The van der Waals surface area contributed by atoms with Crippen molar-refractivity contribution in [2.24, 2.45) is 0 Å². The molecule has 0 bridgehead atoms. The predicted octanol–water partition coefficient (Wildman–Crippen LogP) is 3.07. The molecule has 0 saturated carbocycles. The van der Waals surface area contributed by atoms with Crippen LogP contribution in [0.3, 0.4) is 0 Å². The highest BCUT2D eigenvalue weighted by molar-refractivity contribution is 6.08. The number of fused-ring (bicyclic) bond motifs is 1. The van der Waals surface area contributed by atoms with E-state index < -0.39 is 6.10 Å². The van der Waals surface area contributed by atoms with Crippen LogP contribution in [-0.4, -0.2) is 48.4 Å². The average molecular weight is 407 g/mol. The second kappa shape index (κ2) is 8.57. The maximum Gasteiger partial charge on any atom is 0.268 e. The van der Waals surface area contributed by atoms with E-state index in [0.717, 1.165) is 32.4 Å². The standard InChI is InChI=1S/C23H25N3O4/c1-16-22(28)26(19-11-5-6-12-20(19)30-16)15-21(27)24-18-10-4-3-9-17(18)23(29)25-13-7-2-8-14-25/h3-6,9-12,16H,2,7-8,13-15H2,1H3,(H,24,27). The second-order valence-corrected chi connectivity index (χ2v) is 7.60. The molecule has 7 nitrogen and oxygen atoms in total. The van der Waals surface area contributed by atoms with Crippen LogP contribution < -0.4 is 15.0 Å². The number of amides is 3. The van der Waals surface area contributed by atoms with E-state index in [1.807, 2.05) is 11.0 Å². The van der Waals surface area contributed by atoms with E-state index >= 15 is 0 Å². The molecule has 4 rings (SSSR count). The van der Waals surface area contributed by atoms with Gasteiger partial charge in [-0.25, -0.2) is 0 Å². The Morgan fingerprint density at radius 3 is 2.53 bits per heavy atom. The van der Waals surface area contributed by atoms with Crippen LogP contribution in [0.1, 0.15) is 36.5 Å².